The maximum absolute atomic E-state index is 2.69. The Morgan fingerprint density at radius 1 is 0.215 bits per heavy atom. The molecule has 0 radical (unpaired) electrons. The van der Waals surface area contributed by atoms with E-state index >= 15 is 0 Å². The van der Waals surface area contributed by atoms with Crippen molar-refractivity contribution in [2.24, 2.45) is 0 Å². The maximum atomic E-state index is 2.69. The fourth-order valence-corrected chi connectivity index (χ4v) is 22.6. The van der Waals surface area contributed by atoms with Crippen molar-refractivity contribution in [2.45, 2.75) is 151 Å². The van der Waals surface area contributed by atoms with Gasteiger partial charge in [-0.3, -0.25) is 0 Å². The number of rotatable bonds is 10. The normalized spacial score (nSPS) is 23.5. The number of fused-ring (bicyclic) bond motifs is 10. The van der Waals surface area contributed by atoms with Gasteiger partial charge in [-0.15, -0.1) is 0 Å². The summed E-state index contributed by atoms with van der Waals surface area (Å²) in [7, 11) is 0. The van der Waals surface area contributed by atoms with Gasteiger partial charge in [-0.25, -0.2) is 0 Å². The fourth-order valence-electron chi connectivity index (χ4n) is 22.6. The first-order valence-electron chi connectivity index (χ1n) is 39.8. The molecule has 0 bridgehead atoms. The molecule has 522 valence electrons. The fraction of sp³-hybridized carbons (Fsp3) is 0.231. The first-order valence-corrected chi connectivity index (χ1v) is 39.8. The Labute approximate surface area is 631 Å². The van der Waals surface area contributed by atoms with Crippen LogP contribution in [-0.2, 0) is 16.2 Å². The standard InChI is InChI=1S/C104H91N3/c1-99-57-18-21-60-102(99,4)105(78-27-10-7-11-28-78)94-54-47-75(63-91(94)99)68-35-41-72(42-36-68)87-66-88(73-43-37-69(38-44-73)76-48-55-95-92(64-76)100(2)58-19-22-61-103(100,5)106(95)79-29-12-8-13-30-79)84-52-53-86-90(82-34-24-26-71-25-16-17-33-81(71)82)67-89(85-51-50-83(87)97(84)98(85)86)74-45-39-70(40-46-74)77-49-56-96-93(65-77)101(3)59-20-23-62-104(101,6)107(96)80-31-14-9-15-32-80/h7-17,24-56,63-67H,18-23,57-62H2,1-6H3. The van der Waals surface area contributed by atoms with Crippen molar-refractivity contribution >= 4 is 77.2 Å². The molecule has 3 saturated carbocycles. The van der Waals surface area contributed by atoms with Gasteiger partial charge in [0.1, 0.15) is 0 Å². The van der Waals surface area contributed by atoms with Gasteiger partial charge in [0.05, 0.1) is 16.6 Å². The predicted molar refractivity (Wildman–Crippen MR) is 454 cm³/mol. The molecule has 3 fully saturated rings. The zero-order chi connectivity index (χ0) is 71.8. The van der Waals surface area contributed by atoms with Crippen LogP contribution in [0.4, 0.5) is 34.1 Å². The molecule has 0 N–H and O–H groups in total. The van der Waals surface area contributed by atoms with Crippen molar-refractivity contribution in [3.63, 3.8) is 0 Å². The van der Waals surface area contributed by atoms with Gasteiger partial charge in [-0.05, 0) is 282 Å². The first-order chi connectivity index (χ1) is 52.2. The summed E-state index contributed by atoms with van der Waals surface area (Å²) in [5.74, 6) is 0. The Morgan fingerprint density at radius 2 is 0.505 bits per heavy atom. The number of para-hydroxylation sites is 3. The lowest BCUT2D eigenvalue weighted by atomic mass is 9.61. The zero-order valence-electron chi connectivity index (χ0n) is 62.6. The molecule has 15 aromatic carbocycles. The summed E-state index contributed by atoms with van der Waals surface area (Å²) in [5.41, 5.74) is 29.8. The van der Waals surface area contributed by atoms with E-state index < -0.39 is 0 Å². The summed E-state index contributed by atoms with van der Waals surface area (Å²) >= 11 is 0. The lowest BCUT2D eigenvalue weighted by Crippen LogP contribution is -2.54. The van der Waals surface area contributed by atoms with E-state index in [9.17, 15) is 0 Å². The van der Waals surface area contributed by atoms with E-state index in [1.54, 1.807) is 0 Å². The second-order valence-electron chi connectivity index (χ2n) is 33.9. The largest absolute Gasteiger partial charge is 0.334 e. The van der Waals surface area contributed by atoms with Crippen LogP contribution in [0, 0.1) is 0 Å². The van der Waals surface area contributed by atoms with Gasteiger partial charge >= 0.3 is 0 Å². The second-order valence-corrected chi connectivity index (χ2v) is 33.9. The van der Waals surface area contributed by atoms with Crippen LogP contribution in [0.2, 0.25) is 0 Å². The first kappa shape index (κ1) is 64.4. The van der Waals surface area contributed by atoms with Crippen molar-refractivity contribution in [1.82, 2.24) is 0 Å². The van der Waals surface area contributed by atoms with Gasteiger partial charge < -0.3 is 14.7 Å². The van der Waals surface area contributed by atoms with Crippen molar-refractivity contribution in [3.05, 3.63) is 314 Å². The highest BCUT2D eigenvalue weighted by Crippen LogP contribution is 2.65. The molecule has 0 saturated heterocycles. The average Bonchev–Trinajstić information content (AvgIpc) is 1.68. The third kappa shape index (κ3) is 9.19. The number of benzene rings is 15. The molecule has 3 aliphatic carbocycles. The van der Waals surface area contributed by atoms with Crippen LogP contribution in [0.3, 0.4) is 0 Å². The van der Waals surface area contributed by atoms with Crippen LogP contribution >= 0.6 is 0 Å². The highest BCUT2D eigenvalue weighted by Gasteiger charge is 2.60. The molecule has 3 heteroatoms. The minimum Gasteiger partial charge on any atom is -0.334 e. The van der Waals surface area contributed by atoms with E-state index in [1.807, 2.05) is 0 Å². The summed E-state index contributed by atoms with van der Waals surface area (Å²) in [6.07, 6.45) is 14.6. The third-order valence-corrected chi connectivity index (χ3v) is 28.9. The van der Waals surface area contributed by atoms with Crippen LogP contribution in [0.25, 0.3) is 121 Å². The zero-order valence-corrected chi connectivity index (χ0v) is 62.6. The molecule has 15 aromatic rings. The van der Waals surface area contributed by atoms with Crippen molar-refractivity contribution < 1.29 is 0 Å². The van der Waals surface area contributed by atoms with Crippen LogP contribution in [-0.4, -0.2) is 16.6 Å². The molecular formula is C104H91N3. The van der Waals surface area contributed by atoms with E-state index in [2.05, 4.69) is 353 Å². The van der Waals surface area contributed by atoms with Gasteiger partial charge in [0.25, 0.3) is 0 Å². The van der Waals surface area contributed by atoms with E-state index in [4.69, 9.17) is 0 Å². The number of nitrogens with zero attached hydrogens (tertiary/aromatic N) is 3. The Balaban J connectivity index is 0.731. The van der Waals surface area contributed by atoms with Gasteiger partial charge in [-0.1, -0.05) is 272 Å². The molecule has 6 unspecified atom stereocenters. The molecule has 6 aliphatic rings. The van der Waals surface area contributed by atoms with Crippen LogP contribution in [0.5, 0.6) is 0 Å². The minimum atomic E-state index is -0.0134. The van der Waals surface area contributed by atoms with Crippen LogP contribution in [0.15, 0.2) is 297 Å². The van der Waals surface area contributed by atoms with Crippen molar-refractivity contribution in [3.8, 4) is 77.9 Å². The monoisotopic (exact) mass is 1380 g/mol. The lowest BCUT2D eigenvalue weighted by molar-refractivity contribution is 0.195. The van der Waals surface area contributed by atoms with Crippen LogP contribution < -0.4 is 14.7 Å². The quantitative estimate of drug-likeness (QED) is 0.126. The summed E-state index contributed by atoms with van der Waals surface area (Å²) in [6, 6.07) is 115. The highest BCUT2D eigenvalue weighted by atomic mass is 15.3. The summed E-state index contributed by atoms with van der Waals surface area (Å²) < 4.78 is 0. The summed E-state index contributed by atoms with van der Waals surface area (Å²) in [4.78, 5) is 8.07. The molecule has 0 aromatic heterocycles. The molecule has 21 rings (SSSR count). The molecule has 3 aliphatic heterocycles. The Kier molecular flexibility index (Phi) is 14.3. The van der Waals surface area contributed by atoms with Gasteiger partial charge in [-0.2, -0.15) is 0 Å². The maximum Gasteiger partial charge on any atom is 0.0517 e. The molecule has 3 nitrogen and oxygen atoms in total. The molecule has 3 heterocycles. The van der Waals surface area contributed by atoms with Gasteiger partial charge in [0.2, 0.25) is 0 Å². The SMILES string of the molecule is CC12CCCCC1(C)N(c1ccccc1)c1ccc(-c3ccc(-c4cc(-c5ccc(-c6ccc7c(c6)C6(C)CCCCC6(C)N7c6ccccc6)cc5)c5ccc6c(-c7cccc8ccccc78)cc(-c7ccc(-c8ccc9c(c8)C8(C)CCCCC8(C)N9c8ccccc8)cc7)c7ccc4c5c76)cc3)cc12. The number of hydrogen-bond acceptors (Lipinski definition) is 3. The molecule has 0 amide bonds. The molecular weight excluding hydrogens is 1290 g/mol. The van der Waals surface area contributed by atoms with E-state index in [1.165, 1.54) is 249 Å². The van der Waals surface area contributed by atoms with Crippen molar-refractivity contribution in [1.29, 1.82) is 0 Å². The average molecular weight is 1380 g/mol. The van der Waals surface area contributed by atoms with Crippen molar-refractivity contribution in [2.75, 3.05) is 14.7 Å². The summed E-state index contributed by atoms with van der Waals surface area (Å²) in [6.45, 7) is 15.3. The molecule has 6 atom stereocenters. The molecule has 107 heavy (non-hydrogen) atoms. The minimum absolute atomic E-state index is 0.0103. The van der Waals surface area contributed by atoms with Crippen LogP contribution in [0.1, 0.15) is 135 Å². The van der Waals surface area contributed by atoms with Gasteiger partial charge in [0, 0.05) is 50.4 Å². The second kappa shape index (κ2) is 23.7. The van der Waals surface area contributed by atoms with E-state index in [0.717, 1.165) is 0 Å². The Hall–Kier alpha value is -11.0. The Morgan fingerprint density at radius 3 is 0.869 bits per heavy atom. The van der Waals surface area contributed by atoms with E-state index in [-0.39, 0.29) is 32.9 Å². The van der Waals surface area contributed by atoms with Gasteiger partial charge in [0.15, 0.2) is 0 Å². The smallest absolute Gasteiger partial charge is 0.0517 e. The lowest BCUT2D eigenvalue weighted by Gasteiger charge is -2.50. The summed E-state index contributed by atoms with van der Waals surface area (Å²) in [5, 5.41) is 10.2. The third-order valence-electron chi connectivity index (χ3n) is 28.9. The predicted octanol–water partition coefficient (Wildman–Crippen LogP) is 28.6. The number of hydrogen-bond donors (Lipinski definition) is 0. The Bertz CT molecular complexity index is 5860. The topological polar surface area (TPSA) is 9.72 Å². The molecule has 0 spiro atoms. The van der Waals surface area contributed by atoms with E-state index in [0.29, 0.717) is 0 Å². The number of anilines is 6. The highest BCUT2D eigenvalue weighted by molar-refractivity contribution is 6.32.